The Morgan fingerprint density at radius 3 is 2.57 bits per heavy atom. The monoisotopic (exact) mass is 406 g/mol. The van der Waals surface area contributed by atoms with Crippen LogP contribution in [0.15, 0.2) is 42.5 Å². The summed E-state index contributed by atoms with van der Waals surface area (Å²) in [6, 6.07) is 14.3. The number of nitrogens with zero attached hydrogens (tertiary/aromatic N) is 3. The quantitative estimate of drug-likeness (QED) is 0.648. The van der Waals surface area contributed by atoms with Gasteiger partial charge in [0.15, 0.2) is 6.23 Å². The van der Waals surface area contributed by atoms with Crippen LogP contribution in [0.1, 0.15) is 38.3 Å². The first-order chi connectivity index (χ1) is 14.7. The maximum atomic E-state index is 6.21. The van der Waals surface area contributed by atoms with Gasteiger partial charge in [-0.15, -0.1) is 0 Å². The molecule has 2 N–H and O–H groups in total. The molecule has 2 aliphatic rings. The summed E-state index contributed by atoms with van der Waals surface area (Å²) < 4.78 is 14.3. The summed E-state index contributed by atoms with van der Waals surface area (Å²) in [5.41, 5.74) is 9.93. The second-order valence-electron chi connectivity index (χ2n) is 8.54. The Morgan fingerprint density at radius 1 is 1.03 bits per heavy atom. The third kappa shape index (κ3) is 3.89. The fourth-order valence-corrected chi connectivity index (χ4v) is 4.49. The fraction of sp³-hybridized carbons (Fsp3) is 0.458. The number of nitrogens with two attached hydrogens (primary N) is 1. The van der Waals surface area contributed by atoms with E-state index in [9.17, 15) is 0 Å². The molecule has 2 saturated heterocycles. The normalized spacial score (nSPS) is 21.2. The first-order valence-corrected chi connectivity index (χ1v) is 11.0. The van der Waals surface area contributed by atoms with Crippen LogP contribution >= 0.6 is 0 Å². The van der Waals surface area contributed by atoms with Gasteiger partial charge in [0.1, 0.15) is 17.5 Å². The van der Waals surface area contributed by atoms with E-state index in [1.54, 1.807) is 0 Å². The molecule has 1 aromatic heterocycles. The second kappa shape index (κ2) is 8.28. The van der Waals surface area contributed by atoms with Crippen molar-refractivity contribution in [1.82, 2.24) is 14.7 Å². The summed E-state index contributed by atoms with van der Waals surface area (Å²) in [5.74, 6) is 0.923. The fourth-order valence-electron chi connectivity index (χ4n) is 4.49. The molecule has 30 heavy (non-hydrogen) atoms. The summed E-state index contributed by atoms with van der Waals surface area (Å²) in [5, 5.41) is 6.03. The molecular weight excluding hydrogens is 376 g/mol. The zero-order valence-corrected chi connectivity index (χ0v) is 17.6. The van der Waals surface area contributed by atoms with Crippen LogP contribution in [0.25, 0.3) is 22.2 Å². The van der Waals surface area contributed by atoms with Crippen LogP contribution < -0.4 is 10.5 Å². The van der Waals surface area contributed by atoms with Crippen LogP contribution in [0.5, 0.6) is 5.75 Å². The number of hydrogen-bond acceptors (Lipinski definition) is 5. The molecule has 158 valence electrons. The van der Waals surface area contributed by atoms with Gasteiger partial charge < -0.3 is 20.1 Å². The Hall–Kier alpha value is -2.57. The minimum atomic E-state index is -0.00864. The van der Waals surface area contributed by atoms with Gasteiger partial charge in [0.2, 0.25) is 0 Å². The molecule has 3 heterocycles. The van der Waals surface area contributed by atoms with Gasteiger partial charge in [-0.2, -0.15) is 5.10 Å². The van der Waals surface area contributed by atoms with E-state index in [4.69, 9.17) is 20.3 Å². The summed E-state index contributed by atoms with van der Waals surface area (Å²) in [6.45, 7) is 2.98. The van der Waals surface area contributed by atoms with E-state index in [0.717, 1.165) is 79.0 Å². The van der Waals surface area contributed by atoms with Crippen LogP contribution in [0, 0.1) is 0 Å². The van der Waals surface area contributed by atoms with Crippen LogP contribution in [-0.4, -0.2) is 47.5 Å². The molecule has 1 atom stereocenters. The molecular formula is C24H30N4O2. The molecule has 3 aromatic rings. The van der Waals surface area contributed by atoms with Crippen molar-refractivity contribution < 1.29 is 9.47 Å². The molecule has 0 radical (unpaired) electrons. The molecule has 1 unspecified atom stereocenters. The number of anilines is 1. The van der Waals surface area contributed by atoms with Crippen molar-refractivity contribution >= 4 is 16.6 Å². The summed E-state index contributed by atoms with van der Waals surface area (Å²) in [6.07, 6.45) is 5.72. The Labute approximate surface area is 177 Å². The highest BCUT2D eigenvalue weighted by Gasteiger charge is 2.22. The predicted octanol–water partition coefficient (Wildman–Crippen LogP) is 4.46. The molecule has 0 aliphatic carbocycles. The average molecular weight is 407 g/mol. The van der Waals surface area contributed by atoms with Crippen molar-refractivity contribution in [2.75, 3.05) is 32.5 Å². The topological polar surface area (TPSA) is 65.5 Å². The number of rotatable bonds is 4. The number of hydrogen-bond donors (Lipinski definition) is 1. The second-order valence-corrected chi connectivity index (χ2v) is 8.54. The SMILES string of the molecule is CN1CCC(Oc2ccc(-c3nn(C4CCCCO4)c4ccc(N)cc34)cc2)CC1. The summed E-state index contributed by atoms with van der Waals surface area (Å²) >= 11 is 0. The lowest BCUT2D eigenvalue weighted by Crippen LogP contribution is -2.35. The van der Waals surface area contributed by atoms with Crippen LogP contribution in [0.4, 0.5) is 5.69 Å². The summed E-state index contributed by atoms with van der Waals surface area (Å²) in [7, 11) is 2.17. The third-order valence-corrected chi connectivity index (χ3v) is 6.25. The van der Waals surface area contributed by atoms with E-state index >= 15 is 0 Å². The predicted molar refractivity (Wildman–Crippen MR) is 120 cm³/mol. The maximum absolute atomic E-state index is 6.21. The van der Waals surface area contributed by atoms with Gasteiger partial charge in [-0.25, -0.2) is 4.68 Å². The number of ether oxygens (including phenoxy) is 2. The molecule has 0 saturated carbocycles. The van der Waals surface area contributed by atoms with Crippen LogP contribution in [0.3, 0.4) is 0 Å². The first kappa shape index (κ1) is 19.4. The van der Waals surface area contributed by atoms with Crippen molar-refractivity contribution in [2.24, 2.45) is 0 Å². The van der Waals surface area contributed by atoms with E-state index in [-0.39, 0.29) is 6.23 Å². The van der Waals surface area contributed by atoms with Gasteiger partial charge >= 0.3 is 0 Å². The molecule has 5 rings (SSSR count). The molecule has 0 spiro atoms. The largest absolute Gasteiger partial charge is 0.490 e. The number of benzene rings is 2. The van der Waals surface area contributed by atoms with Crippen molar-refractivity contribution in [1.29, 1.82) is 0 Å². The number of piperidine rings is 1. The standard InChI is InChI=1S/C24H30N4O2/c1-27-13-11-20(12-14-27)30-19-8-5-17(6-9-19)24-21-16-18(25)7-10-22(21)28(26-24)23-4-2-3-15-29-23/h5-10,16,20,23H,2-4,11-15,25H2,1H3. The number of nitrogen functional groups attached to an aromatic ring is 1. The molecule has 2 fully saturated rings. The van der Waals surface area contributed by atoms with Gasteiger partial charge in [0, 0.05) is 36.3 Å². The zero-order valence-electron chi connectivity index (χ0n) is 17.6. The molecule has 0 bridgehead atoms. The van der Waals surface area contributed by atoms with Crippen molar-refractivity contribution in [3.63, 3.8) is 0 Å². The average Bonchev–Trinajstić information content (AvgIpc) is 3.15. The highest BCUT2D eigenvalue weighted by Crippen LogP contribution is 2.34. The lowest BCUT2D eigenvalue weighted by Gasteiger charge is -2.29. The van der Waals surface area contributed by atoms with Gasteiger partial charge in [-0.3, -0.25) is 0 Å². The Kier molecular flexibility index (Phi) is 5.35. The van der Waals surface area contributed by atoms with E-state index in [2.05, 4.69) is 42.3 Å². The minimum Gasteiger partial charge on any atom is -0.490 e. The van der Waals surface area contributed by atoms with Gasteiger partial charge in [-0.05, 0) is 81.6 Å². The zero-order chi connectivity index (χ0) is 20.5. The van der Waals surface area contributed by atoms with Gasteiger partial charge in [0.25, 0.3) is 0 Å². The molecule has 2 aromatic carbocycles. The van der Waals surface area contributed by atoms with E-state index in [0.29, 0.717) is 6.10 Å². The Bertz CT molecular complexity index is 1000. The smallest absolute Gasteiger partial charge is 0.150 e. The van der Waals surface area contributed by atoms with Gasteiger partial charge in [0.05, 0.1) is 5.52 Å². The molecule has 2 aliphatic heterocycles. The Balaban J connectivity index is 1.43. The first-order valence-electron chi connectivity index (χ1n) is 11.0. The van der Waals surface area contributed by atoms with Crippen LogP contribution in [0.2, 0.25) is 0 Å². The van der Waals surface area contributed by atoms with Gasteiger partial charge in [-0.1, -0.05) is 0 Å². The molecule has 6 nitrogen and oxygen atoms in total. The van der Waals surface area contributed by atoms with E-state index in [1.165, 1.54) is 6.42 Å². The Morgan fingerprint density at radius 2 is 1.83 bits per heavy atom. The lowest BCUT2D eigenvalue weighted by molar-refractivity contribution is -0.0365. The summed E-state index contributed by atoms with van der Waals surface area (Å²) in [4.78, 5) is 2.35. The van der Waals surface area contributed by atoms with Crippen LogP contribution in [-0.2, 0) is 4.74 Å². The van der Waals surface area contributed by atoms with Crippen molar-refractivity contribution in [3.05, 3.63) is 42.5 Å². The minimum absolute atomic E-state index is 0.00864. The number of likely N-dealkylation sites (tertiary alicyclic amines) is 1. The van der Waals surface area contributed by atoms with E-state index in [1.807, 2.05) is 16.8 Å². The number of fused-ring (bicyclic) bond motifs is 1. The highest BCUT2D eigenvalue weighted by atomic mass is 16.5. The maximum Gasteiger partial charge on any atom is 0.150 e. The van der Waals surface area contributed by atoms with Crippen molar-refractivity contribution in [2.45, 2.75) is 44.4 Å². The lowest BCUT2D eigenvalue weighted by atomic mass is 10.1. The highest BCUT2D eigenvalue weighted by molar-refractivity contribution is 5.95. The molecule has 6 heteroatoms. The molecule has 0 amide bonds. The third-order valence-electron chi connectivity index (χ3n) is 6.25. The van der Waals surface area contributed by atoms with E-state index < -0.39 is 0 Å². The van der Waals surface area contributed by atoms with Crippen molar-refractivity contribution in [3.8, 4) is 17.0 Å². The number of aromatic nitrogens is 2.